The number of rotatable bonds is 4. The van der Waals surface area contributed by atoms with Gasteiger partial charge in [-0.15, -0.1) is 11.8 Å². The third kappa shape index (κ3) is 3.22. The monoisotopic (exact) mass is 241 g/mol. The Morgan fingerprint density at radius 1 is 1.50 bits per heavy atom. The molecule has 1 aliphatic carbocycles. The Kier molecular flexibility index (Phi) is 3.26. The molecule has 0 radical (unpaired) electrons. The van der Waals surface area contributed by atoms with E-state index in [-0.39, 0.29) is 10.8 Å². The van der Waals surface area contributed by atoms with E-state index in [0.717, 1.165) is 11.6 Å². The fourth-order valence-electron chi connectivity index (χ4n) is 1.40. The SMILES string of the molecule is CC(C)(C)SCc1noc(C(N)C2CC2)n1. The molecule has 4 nitrogen and oxygen atoms in total. The summed E-state index contributed by atoms with van der Waals surface area (Å²) < 4.78 is 5.42. The molecule has 1 aliphatic rings. The molecule has 2 N–H and O–H groups in total. The lowest BCUT2D eigenvalue weighted by molar-refractivity contribution is 0.341. The minimum atomic E-state index is -0.0547. The molecule has 0 aliphatic heterocycles. The second-order valence-corrected chi connectivity index (χ2v) is 7.12. The van der Waals surface area contributed by atoms with Gasteiger partial charge >= 0.3 is 0 Å². The van der Waals surface area contributed by atoms with Gasteiger partial charge in [-0.05, 0) is 18.8 Å². The molecule has 1 heterocycles. The van der Waals surface area contributed by atoms with E-state index >= 15 is 0 Å². The molecule has 5 heteroatoms. The van der Waals surface area contributed by atoms with E-state index in [1.54, 1.807) is 0 Å². The Morgan fingerprint density at radius 3 is 2.75 bits per heavy atom. The molecular formula is C11H19N3OS. The van der Waals surface area contributed by atoms with Crippen LogP contribution in [0.1, 0.15) is 51.4 Å². The van der Waals surface area contributed by atoms with Crippen molar-refractivity contribution in [3.8, 4) is 0 Å². The van der Waals surface area contributed by atoms with Gasteiger partial charge in [0, 0.05) is 4.75 Å². The fraction of sp³-hybridized carbons (Fsp3) is 0.818. The second-order valence-electron chi connectivity index (χ2n) is 5.31. The largest absolute Gasteiger partial charge is 0.338 e. The molecule has 16 heavy (non-hydrogen) atoms. The number of hydrogen-bond acceptors (Lipinski definition) is 5. The van der Waals surface area contributed by atoms with E-state index in [2.05, 4.69) is 30.9 Å². The zero-order valence-corrected chi connectivity index (χ0v) is 10.9. The van der Waals surface area contributed by atoms with E-state index in [0.29, 0.717) is 11.8 Å². The van der Waals surface area contributed by atoms with Crippen LogP contribution in [0.5, 0.6) is 0 Å². The first-order valence-corrected chi connectivity index (χ1v) is 6.66. The predicted octanol–water partition coefficient (Wildman–Crippen LogP) is 2.51. The van der Waals surface area contributed by atoms with E-state index in [1.165, 1.54) is 12.8 Å². The van der Waals surface area contributed by atoms with Crippen molar-refractivity contribution in [1.82, 2.24) is 10.1 Å². The summed E-state index contributed by atoms with van der Waals surface area (Å²) in [4.78, 5) is 4.35. The van der Waals surface area contributed by atoms with E-state index in [9.17, 15) is 0 Å². The van der Waals surface area contributed by atoms with Crippen molar-refractivity contribution in [3.63, 3.8) is 0 Å². The highest BCUT2D eigenvalue weighted by Gasteiger charge is 2.33. The molecule has 0 saturated heterocycles. The molecule has 1 fully saturated rings. The van der Waals surface area contributed by atoms with Crippen molar-refractivity contribution in [1.29, 1.82) is 0 Å². The number of thioether (sulfide) groups is 1. The Hall–Kier alpha value is -0.550. The van der Waals surface area contributed by atoms with Gasteiger partial charge in [0.05, 0.1) is 11.8 Å². The van der Waals surface area contributed by atoms with Crippen LogP contribution in [0.25, 0.3) is 0 Å². The van der Waals surface area contributed by atoms with Gasteiger partial charge in [0.2, 0.25) is 5.89 Å². The lowest BCUT2D eigenvalue weighted by Crippen LogP contribution is -2.12. The molecule has 1 atom stereocenters. The number of aromatic nitrogens is 2. The molecule has 1 aromatic heterocycles. The minimum Gasteiger partial charge on any atom is -0.338 e. The summed E-state index contributed by atoms with van der Waals surface area (Å²) in [5.41, 5.74) is 5.99. The molecular weight excluding hydrogens is 222 g/mol. The van der Waals surface area contributed by atoms with E-state index in [4.69, 9.17) is 10.3 Å². The second kappa shape index (κ2) is 4.37. The van der Waals surface area contributed by atoms with E-state index in [1.807, 2.05) is 11.8 Å². The van der Waals surface area contributed by atoms with Gasteiger partial charge in [0.1, 0.15) is 0 Å². The average molecular weight is 241 g/mol. The molecule has 0 bridgehead atoms. The molecule has 0 spiro atoms. The van der Waals surface area contributed by atoms with Crippen molar-refractivity contribution < 1.29 is 4.52 Å². The van der Waals surface area contributed by atoms with Crippen molar-refractivity contribution in [2.75, 3.05) is 0 Å². The van der Waals surface area contributed by atoms with Crippen LogP contribution < -0.4 is 5.73 Å². The number of hydrogen-bond donors (Lipinski definition) is 1. The summed E-state index contributed by atoms with van der Waals surface area (Å²) in [5.74, 6) is 2.70. The standard InChI is InChI=1S/C11H19N3OS/c1-11(2,3)16-6-8-13-10(15-14-8)9(12)7-4-5-7/h7,9H,4-6,12H2,1-3H3. The van der Waals surface area contributed by atoms with Crippen molar-refractivity contribution >= 4 is 11.8 Å². The minimum absolute atomic E-state index is 0.0547. The van der Waals surface area contributed by atoms with Crippen LogP contribution in [0.2, 0.25) is 0 Å². The maximum atomic E-state index is 5.99. The Labute approximate surface area is 100 Å². The molecule has 0 amide bonds. The van der Waals surface area contributed by atoms with Crippen LogP contribution in [0, 0.1) is 5.92 Å². The number of nitrogens with zero attached hydrogens (tertiary/aromatic N) is 2. The van der Waals surface area contributed by atoms with Crippen molar-refractivity contribution in [3.05, 3.63) is 11.7 Å². The maximum Gasteiger partial charge on any atom is 0.243 e. The number of nitrogens with two attached hydrogens (primary N) is 1. The van der Waals surface area contributed by atoms with Gasteiger partial charge in [-0.1, -0.05) is 25.9 Å². The van der Waals surface area contributed by atoms with Crippen LogP contribution in [-0.2, 0) is 5.75 Å². The summed E-state index contributed by atoms with van der Waals surface area (Å²) in [6.07, 6.45) is 2.38. The Balaban J connectivity index is 1.91. The highest BCUT2D eigenvalue weighted by atomic mass is 32.2. The van der Waals surface area contributed by atoms with Gasteiger partial charge in [0.25, 0.3) is 0 Å². The van der Waals surface area contributed by atoms with Crippen molar-refractivity contribution in [2.45, 2.75) is 50.2 Å². The lowest BCUT2D eigenvalue weighted by Gasteiger charge is -2.15. The smallest absolute Gasteiger partial charge is 0.243 e. The highest BCUT2D eigenvalue weighted by molar-refractivity contribution is 7.99. The topological polar surface area (TPSA) is 64.9 Å². The Morgan fingerprint density at radius 2 is 2.19 bits per heavy atom. The summed E-state index contributed by atoms with van der Waals surface area (Å²) in [6.45, 7) is 6.53. The average Bonchev–Trinajstić information content (AvgIpc) is 2.92. The van der Waals surface area contributed by atoms with Crippen LogP contribution >= 0.6 is 11.8 Å². The van der Waals surface area contributed by atoms with Crippen LogP contribution in [-0.4, -0.2) is 14.9 Å². The lowest BCUT2D eigenvalue weighted by atomic mass is 10.2. The first kappa shape index (κ1) is 11.9. The van der Waals surface area contributed by atoms with Crippen LogP contribution in [0.15, 0.2) is 4.52 Å². The van der Waals surface area contributed by atoms with Crippen LogP contribution in [0.4, 0.5) is 0 Å². The highest BCUT2D eigenvalue weighted by Crippen LogP contribution is 2.38. The van der Waals surface area contributed by atoms with Gasteiger partial charge < -0.3 is 10.3 Å². The quantitative estimate of drug-likeness (QED) is 0.877. The van der Waals surface area contributed by atoms with Crippen LogP contribution in [0.3, 0.4) is 0 Å². The molecule has 2 rings (SSSR count). The summed E-state index contributed by atoms with van der Waals surface area (Å²) >= 11 is 1.81. The zero-order valence-electron chi connectivity index (χ0n) is 10.1. The van der Waals surface area contributed by atoms with Gasteiger partial charge in [0.15, 0.2) is 5.82 Å². The molecule has 0 aromatic carbocycles. The Bertz CT molecular complexity index is 354. The van der Waals surface area contributed by atoms with Gasteiger partial charge in [-0.3, -0.25) is 0 Å². The fourth-order valence-corrected chi connectivity index (χ4v) is 2.08. The summed E-state index contributed by atoms with van der Waals surface area (Å²) in [5, 5.41) is 3.96. The molecule has 1 aromatic rings. The van der Waals surface area contributed by atoms with E-state index < -0.39 is 0 Å². The first-order chi connectivity index (χ1) is 7.46. The van der Waals surface area contributed by atoms with Gasteiger partial charge in [-0.25, -0.2) is 0 Å². The third-order valence-electron chi connectivity index (χ3n) is 2.53. The zero-order chi connectivity index (χ0) is 11.8. The van der Waals surface area contributed by atoms with Gasteiger partial charge in [-0.2, -0.15) is 4.98 Å². The summed E-state index contributed by atoms with van der Waals surface area (Å²) in [6, 6.07) is -0.0547. The normalized spacial score (nSPS) is 18.8. The summed E-state index contributed by atoms with van der Waals surface area (Å²) in [7, 11) is 0. The first-order valence-electron chi connectivity index (χ1n) is 5.68. The predicted molar refractivity (Wildman–Crippen MR) is 65.0 cm³/mol. The molecule has 1 saturated carbocycles. The third-order valence-corrected chi connectivity index (χ3v) is 3.80. The maximum absolute atomic E-state index is 5.99. The molecule has 90 valence electrons. The van der Waals surface area contributed by atoms with Crippen molar-refractivity contribution in [2.24, 2.45) is 11.7 Å². The molecule has 1 unspecified atom stereocenters.